The Bertz CT molecular complexity index is 306. The average molecular weight is 206 g/mol. The van der Waals surface area contributed by atoms with Crippen LogP contribution in [0.1, 0.15) is 27.7 Å². The van der Waals surface area contributed by atoms with E-state index in [-0.39, 0.29) is 5.75 Å². The molecule has 1 aliphatic rings. The molecule has 0 aromatic heterocycles. The number of sulfone groups is 1. The Labute approximate surface area is 80.0 Å². The van der Waals surface area contributed by atoms with Gasteiger partial charge in [-0.3, -0.25) is 5.84 Å². The second-order valence-corrected chi connectivity index (χ2v) is 7.24. The van der Waals surface area contributed by atoms with Crippen LogP contribution in [0.25, 0.3) is 0 Å². The van der Waals surface area contributed by atoms with E-state index in [2.05, 4.69) is 0 Å². The van der Waals surface area contributed by atoms with Crippen LogP contribution in [0.5, 0.6) is 0 Å². The molecule has 2 N–H and O–H groups in total. The Balaban J connectivity index is 3.23. The molecule has 0 aromatic rings. The zero-order valence-corrected chi connectivity index (χ0v) is 9.48. The van der Waals surface area contributed by atoms with Crippen molar-refractivity contribution in [1.29, 1.82) is 0 Å². The Morgan fingerprint density at radius 1 is 1.23 bits per heavy atom. The lowest BCUT2D eigenvalue weighted by Crippen LogP contribution is -2.68. The minimum Gasteiger partial charge on any atom is -0.268 e. The highest BCUT2D eigenvalue weighted by molar-refractivity contribution is 7.92. The molecule has 1 saturated heterocycles. The summed E-state index contributed by atoms with van der Waals surface area (Å²) in [6, 6.07) is 0. The highest BCUT2D eigenvalue weighted by Gasteiger charge is 2.53. The maximum absolute atomic E-state index is 11.8. The minimum absolute atomic E-state index is 0.153. The van der Waals surface area contributed by atoms with E-state index >= 15 is 0 Å². The van der Waals surface area contributed by atoms with Crippen molar-refractivity contribution in [2.45, 2.75) is 38.0 Å². The molecule has 0 radical (unpaired) electrons. The topological polar surface area (TPSA) is 63.4 Å². The number of nitrogens with two attached hydrogens (primary N) is 1. The summed E-state index contributed by atoms with van der Waals surface area (Å²) in [4.78, 5) is 0. The van der Waals surface area contributed by atoms with Gasteiger partial charge in [0.2, 0.25) is 0 Å². The molecule has 0 amide bonds. The predicted octanol–water partition coefficient (Wildman–Crippen LogP) is 0.148. The number of nitrogens with zero attached hydrogens (tertiary/aromatic N) is 1. The lowest BCUT2D eigenvalue weighted by atomic mass is 9.88. The van der Waals surface area contributed by atoms with Crippen LogP contribution < -0.4 is 5.84 Å². The normalized spacial score (nSPS) is 31.5. The lowest BCUT2D eigenvalue weighted by molar-refractivity contribution is 0.0840. The SMILES string of the molecule is CC1(C)N(N)CCS(=O)(=O)C1(C)C. The number of hydrazine groups is 1. The van der Waals surface area contributed by atoms with Crippen molar-refractivity contribution in [2.75, 3.05) is 12.3 Å². The van der Waals surface area contributed by atoms with E-state index in [1.54, 1.807) is 18.9 Å². The molecule has 0 atom stereocenters. The first-order valence-electron chi connectivity index (χ1n) is 4.37. The van der Waals surface area contributed by atoms with Crippen molar-refractivity contribution in [3.8, 4) is 0 Å². The van der Waals surface area contributed by atoms with Crippen LogP contribution >= 0.6 is 0 Å². The summed E-state index contributed by atoms with van der Waals surface area (Å²) < 4.78 is 22.8. The molecule has 5 heteroatoms. The van der Waals surface area contributed by atoms with Crippen LogP contribution in [-0.4, -0.2) is 36.0 Å². The van der Waals surface area contributed by atoms with Crippen molar-refractivity contribution in [1.82, 2.24) is 5.01 Å². The Morgan fingerprint density at radius 3 is 2.08 bits per heavy atom. The monoisotopic (exact) mass is 206 g/mol. The number of hydrogen-bond donors (Lipinski definition) is 1. The number of hydrogen-bond acceptors (Lipinski definition) is 4. The van der Waals surface area contributed by atoms with E-state index in [0.29, 0.717) is 6.54 Å². The van der Waals surface area contributed by atoms with E-state index in [0.717, 1.165) is 0 Å². The third-order valence-corrected chi connectivity index (χ3v) is 6.34. The zero-order valence-electron chi connectivity index (χ0n) is 8.66. The smallest absolute Gasteiger partial charge is 0.158 e. The summed E-state index contributed by atoms with van der Waals surface area (Å²) in [7, 11) is -3.02. The Hall–Kier alpha value is -0.130. The largest absolute Gasteiger partial charge is 0.268 e. The van der Waals surface area contributed by atoms with Crippen LogP contribution in [0, 0.1) is 0 Å². The van der Waals surface area contributed by atoms with E-state index < -0.39 is 20.1 Å². The Morgan fingerprint density at radius 2 is 1.69 bits per heavy atom. The summed E-state index contributed by atoms with van der Waals surface area (Å²) in [5.74, 6) is 5.93. The van der Waals surface area contributed by atoms with Gasteiger partial charge in [0.1, 0.15) is 0 Å². The molecule has 1 rings (SSSR count). The third kappa shape index (κ3) is 1.30. The molecule has 0 unspecified atom stereocenters. The van der Waals surface area contributed by atoms with Gasteiger partial charge in [-0.15, -0.1) is 0 Å². The Kier molecular flexibility index (Phi) is 2.26. The fourth-order valence-electron chi connectivity index (χ4n) is 1.48. The van der Waals surface area contributed by atoms with E-state index in [4.69, 9.17) is 5.84 Å². The summed E-state index contributed by atoms with van der Waals surface area (Å²) >= 11 is 0. The van der Waals surface area contributed by atoms with Crippen molar-refractivity contribution < 1.29 is 8.42 Å². The van der Waals surface area contributed by atoms with Crippen molar-refractivity contribution in [3.05, 3.63) is 0 Å². The minimum atomic E-state index is -3.02. The molecule has 1 aliphatic heterocycles. The van der Waals surface area contributed by atoms with Gasteiger partial charge in [0.15, 0.2) is 9.84 Å². The molecule has 0 spiro atoms. The molecule has 0 bridgehead atoms. The first-order chi connectivity index (χ1) is 5.63. The maximum atomic E-state index is 11.8. The number of rotatable bonds is 0. The van der Waals surface area contributed by atoms with Crippen LogP contribution in [-0.2, 0) is 9.84 Å². The first-order valence-corrected chi connectivity index (χ1v) is 6.03. The molecule has 13 heavy (non-hydrogen) atoms. The van der Waals surface area contributed by atoms with Gasteiger partial charge in [0.05, 0.1) is 10.5 Å². The van der Waals surface area contributed by atoms with Gasteiger partial charge in [-0.1, -0.05) is 0 Å². The highest BCUT2D eigenvalue weighted by Crippen LogP contribution is 2.36. The molecular weight excluding hydrogens is 188 g/mol. The summed E-state index contributed by atoms with van der Waals surface area (Å²) in [5.41, 5.74) is -0.510. The standard InChI is InChI=1S/C8H18N2O2S/c1-7(2)8(3,4)13(11,12)6-5-10(7)9/h5-6,9H2,1-4H3. The van der Waals surface area contributed by atoms with Crippen LogP contribution in [0.3, 0.4) is 0 Å². The highest BCUT2D eigenvalue weighted by atomic mass is 32.2. The van der Waals surface area contributed by atoms with Crippen LogP contribution in [0.2, 0.25) is 0 Å². The third-order valence-electron chi connectivity index (χ3n) is 3.57. The molecule has 0 aliphatic carbocycles. The van der Waals surface area contributed by atoms with Gasteiger partial charge in [0, 0.05) is 12.1 Å². The van der Waals surface area contributed by atoms with E-state index in [9.17, 15) is 8.42 Å². The van der Waals surface area contributed by atoms with Gasteiger partial charge in [-0.05, 0) is 27.7 Å². The van der Waals surface area contributed by atoms with Crippen molar-refractivity contribution in [2.24, 2.45) is 5.84 Å². The predicted molar refractivity (Wildman–Crippen MR) is 52.8 cm³/mol. The summed E-state index contributed by atoms with van der Waals surface area (Å²) in [6.45, 7) is 7.62. The van der Waals surface area contributed by atoms with Gasteiger partial charge in [-0.25, -0.2) is 13.4 Å². The van der Waals surface area contributed by atoms with Crippen LogP contribution in [0.4, 0.5) is 0 Å². The average Bonchev–Trinajstić information content (AvgIpc) is 1.97. The summed E-state index contributed by atoms with van der Waals surface area (Å²) in [6.07, 6.45) is 0. The van der Waals surface area contributed by atoms with Crippen molar-refractivity contribution >= 4 is 9.84 Å². The van der Waals surface area contributed by atoms with Gasteiger partial charge in [-0.2, -0.15) is 0 Å². The molecule has 1 fully saturated rings. The van der Waals surface area contributed by atoms with Gasteiger partial charge in [0.25, 0.3) is 0 Å². The fourth-order valence-corrected chi connectivity index (χ4v) is 3.31. The zero-order chi connectivity index (χ0) is 10.5. The second kappa shape index (κ2) is 2.68. The van der Waals surface area contributed by atoms with Gasteiger partial charge < -0.3 is 0 Å². The molecule has 0 saturated carbocycles. The van der Waals surface area contributed by atoms with Gasteiger partial charge >= 0.3 is 0 Å². The fraction of sp³-hybridized carbons (Fsp3) is 1.00. The second-order valence-electron chi connectivity index (χ2n) is 4.58. The lowest BCUT2D eigenvalue weighted by Gasteiger charge is -2.50. The van der Waals surface area contributed by atoms with Crippen molar-refractivity contribution in [3.63, 3.8) is 0 Å². The van der Waals surface area contributed by atoms with Crippen LogP contribution in [0.15, 0.2) is 0 Å². The molecule has 1 heterocycles. The first kappa shape index (κ1) is 10.9. The van der Waals surface area contributed by atoms with E-state index in [1.807, 2.05) is 13.8 Å². The maximum Gasteiger partial charge on any atom is 0.158 e. The summed E-state index contributed by atoms with van der Waals surface area (Å²) in [5, 5.41) is 1.62. The molecule has 4 nitrogen and oxygen atoms in total. The quantitative estimate of drug-likeness (QED) is 0.573. The van der Waals surface area contributed by atoms with E-state index in [1.165, 1.54) is 0 Å². The molecule has 0 aromatic carbocycles. The molecular formula is C8H18N2O2S. The molecule has 78 valence electrons.